The maximum absolute atomic E-state index is 14.8. The minimum atomic E-state index is -1.07. The van der Waals surface area contributed by atoms with E-state index in [0.29, 0.717) is 28.3 Å². The van der Waals surface area contributed by atoms with Gasteiger partial charge in [-0.25, -0.2) is 18.9 Å². The van der Waals surface area contributed by atoms with Crippen LogP contribution in [0.25, 0.3) is 27.5 Å². The minimum Gasteiger partial charge on any atom is -0.476 e. The van der Waals surface area contributed by atoms with Crippen molar-refractivity contribution in [1.82, 2.24) is 14.8 Å². The average Bonchev–Trinajstić information content (AvgIpc) is 3.55. The first-order chi connectivity index (χ1) is 20.8. The lowest BCUT2D eigenvalue weighted by atomic mass is 9.94. The van der Waals surface area contributed by atoms with Crippen molar-refractivity contribution in [2.75, 3.05) is 0 Å². The number of nitrogens with two attached hydrogens (primary N) is 1. The van der Waals surface area contributed by atoms with Crippen molar-refractivity contribution >= 4 is 29.3 Å². The van der Waals surface area contributed by atoms with Gasteiger partial charge in [-0.15, -0.1) is 11.3 Å². The SMILES string of the molecule is CC(C)Cc1ccc(-c2cccc(-c3nn(-c4nc(C(=O)O)cs4)c(CC4CC4)c3Cc3ccc(SN)c(F)c3)c2)cc1. The fourth-order valence-corrected chi connectivity index (χ4v) is 6.52. The summed E-state index contributed by atoms with van der Waals surface area (Å²) in [6.45, 7) is 4.44. The van der Waals surface area contributed by atoms with Crippen LogP contribution >= 0.6 is 23.3 Å². The highest BCUT2D eigenvalue weighted by Crippen LogP contribution is 2.39. The Kier molecular flexibility index (Phi) is 8.47. The van der Waals surface area contributed by atoms with Crippen molar-refractivity contribution in [3.05, 3.63) is 106 Å². The third kappa shape index (κ3) is 6.59. The normalized spacial score (nSPS) is 13.1. The largest absolute Gasteiger partial charge is 0.476 e. The second kappa shape index (κ2) is 12.4. The predicted molar refractivity (Wildman–Crippen MR) is 171 cm³/mol. The highest BCUT2D eigenvalue weighted by Gasteiger charge is 2.29. The van der Waals surface area contributed by atoms with Gasteiger partial charge in [-0.1, -0.05) is 62.4 Å². The number of nitrogens with zero attached hydrogens (tertiary/aromatic N) is 3. The molecule has 5 aromatic rings. The number of aromatic carboxylic acids is 1. The van der Waals surface area contributed by atoms with Gasteiger partial charge < -0.3 is 5.11 Å². The summed E-state index contributed by atoms with van der Waals surface area (Å²) in [5.41, 5.74) is 8.05. The molecule has 220 valence electrons. The molecular weight excluding hydrogens is 580 g/mol. The average molecular weight is 613 g/mol. The molecule has 0 bridgehead atoms. The summed E-state index contributed by atoms with van der Waals surface area (Å²) in [5.74, 6) is -0.295. The molecule has 1 aliphatic rings. The van der Waals surface area contributed by atoms with E-state index in [9.17, 15) is 14.3 Å². The van der Waals surface area contributed by atoms with Crippen molar-refractivity contribution in [1.29, 1.82) is 0 Å². The van der Waals surface area contributed by atoms with Crippen molar-refractivity contribution in [2.45, 2.75) is 50.8 Å². The lowest BCUT2D eigenvalue weighted by molar-refractivity contribution is 0.0691. The van der Waals surface area contributed by atoms with Gasteiger partial charge >= 0.3 is 5.97 Å². The quantitative estimate of drug-likeness (QED) is 0.146. The Morgan fingerprint density at radius 3 is 2.47 bits per heavy atom. The molecule has 1 fully saturated rings. The van der Waals surface area contributed by atoms with Gasteiger partial charge in [0, 0.05) is 22.9 Å². The first-order valence-corrected chi connectivity index (χ1v) is 16.2. The molecule has 0 radical (unpaired) electrons. The molecular formula is C34H33FN4O2S2. The van der Waals surface area contributed by atoms with E-state index in [1.54, 1.807) is 11.4 Å². The first-order valence-electron chi connectivity index (χ1n) is 14.4. The number of benzene rings is 3. The summed E-state index contributed by atoms with van der Waals surface area (Å²) >= 11 is 2.15. The zero-order valence-electron chi connectivity index (χ0n) is 24.1. The molecule has 0 amide bonds. The molecule has 0 aliphatic heterocycles. The van der Waals surface area contributed by atoms with Crippen LogP contribution in [-0.2, 0) is 19.3 Å². The fraction of sp³-hybridized carbons (Fsp3) is 0.265. The van der Waals surface area contributed by atoms with E-state index in [4.69, 9.17) is 10.2 Å². The number of halogens is 1. The van der Waals surface area contributed by atoms with Crippen LogP contribution in [0.5, 0.6) is 0 Å². The second-order valence-corrected chi connectivity index (χ2v) is 13.1. The molecule has 0 unspecified atom stereocenters. The Morgan fingerprint density at radius 2 is 1.81 bits per heavy atom. The summed E-state index contributed by atoms with van der Waals surface area (Å²) in [4.78, 5) is 16.4. The molecule has 9 heteroatoms. The zero-order chi connectivity index (χ0) is 30.1. The van der Waals surface area contributed by atoms with Crippen molar-refractivity contribution in [3.63, 3.8) is 0 Å². The number of rotatable bonds is 11. The number of carbonyl (C=O) groups is 1. The second-order valence-electron chi connectivity index (χ2n) is 11.6. The van der Waals surface area contributed by atoms with Gasteiger partial charge in [-0.3, -0.25) is 5.14 Å². The molecule has 3 aromatic carbocycles. The predicted octanol–water partition coefficient (Wildman–Crippen LogP) is 8.21. The Bertz CT molecular complexity index is 1770. The maximum Gasteiger partial charge on any atom is 0.355 e. The Morgan fingerprint density at radius 1 is 1.07 bits per heavy atom. The fourth-order valence-electron chi connectivity index (χ4n) is 5.43. The van der Waals surface area contributed by atoms with Crippen LogP contribution in [0.4, 0.5) is 4.39 Å². The Hall–Kier alpha value is -3.79. The molecule has 0 atom stereocenters. The van der Waals surface area contributed by atoms with E-state index in [1.165, 1.54) is 23.0 Å². The maximum atomic E-state index is 14.8. The number of aromatic nitrogens is 3. The molecule has 3 N–H and O–H groups in total. The van der Waals surface area contributed by atoms with Crippen molar-refractivity contribution < 1.29 is 14.3 Å². The van der Waals surface area contributed by atoms with Gasteiger partial charge in [0.05, 0.1) is 16.3 Å². The molecule has 1 saturated carbocycles. The number of hydrogen-bond acceptors (Lipinski definition) is 6. The molecule has 2 heterocycles. The monoisotopic (exact) mass is 612 g/mol. The summed E-state index contributed by atoms with van der Waals surface area (Å²) in [6, 6.07) is 22.2. The molecule has 6 nitrogen and oxygen atoms in total. The summed E-state index contributed by atoms with van der Waals surface area (Å²) in [7, 11) is 0. The lowest BCUT2D eigenvalue weighted by Crippen LogP contribution is -2.06. The third-order valence-electron chi connectivity index (χ3n) is 7.73. The smallest absolute Gasteiger partial charge is 0.355 e. The van der Waals surface area contributed by atoms with Gasteiger partial charge in [-0.2, -0.15) is 5.10 Å². The van der Waals surface area contributed by atoms with E-state index < -0.39 is 5.97 Å². The van der Waals surface area contributed by atoms with E-state index in [0.717, 1.165) is 76.8 Å². The van der Waals surface area contributed by atoms with Crippen LogP contribution in [0, 0.1) is 17.7 Å². The van der Waals surface area contributed by atoms with E-state index >= 15 is 0 Å². The summed E-state index contributed by atoms with van der Waals surface area (Å²) in [5, 5.41) is 22.3. The molecule has 0 saturated heterocycles. The van der Waals surface area contributed by atoms with Gasteiger partial charge in [0.2, 0.25) is 5.13 Å². The Balaban J connectivity index is 1.47. The third-order valence-corrected chi connectivity index (χ3v) is 9.13. The lowest BCUT2D eigenvalue weighted by Gasteiger charge is -2.11. The van der Waals surface area contributed by atoms with Gasteiger partial charge in [0.1, 0.15) is 5.82 Å². The molecule has 2 aromatic heterocycles. The molecule has 6 rings (SSSR count). The molecule has 1 aliphatic carbocycles. The molecule has 43 heavy (non-hydrogen) atoms. The van der Waals surface area contributed by atoms with E-state index in [2.05, 4.69) is 55.2 Å². The van der Waals surface area contributed by atoms with Crippen molar-refractivity contribution in [3.8, 4) is 27.5 Å². The summed E-state index contributed by atoms with van der Waals surface area (Å²) < 4.78 is 16.6. The van der Waals surface area contributed by atoms with Crippen LogP contribution in [0.15, 0.2) is 77.0 Å². The van der Waals surface area contributed by atoms with Crippen LogP contribution in [0.3, 0.4) is 0 Å². The van der Waals surface area contributed by atoms with Gasteiger partial charge in [0.25, 0.3) is 0 Å². The van der Waals surface area contributed by atoms with Crippen LogP contribution in [-0.4, -0.2) is 25.8 Å². The van der Waals surface area contributed by atoms with Crippen molar-refractivity contribution in [2.24, 2.45) is 17.0 Å². The van der Waals surface area contributed by atoms with Gasteiger partial charge in [0.15, 0.2) is 5.69 Å². The van der Waals surface area contributed by atoms with E-state index in [-0.39, 0.29) is 11.5 Å². The van der Waals surface area contributed by atoms with Crippen LogP contribution in [0.1, 0.15) is 59.6 Å². The van der Waals surface area contributed by atoms with E-state index in [1.807, 2.05) is 22.9 Å². The number of thiazole rings is 1. The number of carboxylic acids is 1. The number of hydrogen-bond donors (Lipinski definition) is 2. The minimum absolute atomic E-state index is 0.00386. The van der Waals surface area contributed by atoms with Crippen LogP contribution in [0.2, 0.25) is 0 Å². The standard InChI is InChI=1S/C34H33FN4O2S2/c1-20(2)14-21-8-11-24(12-9-21)25-4-3-5-26(18-25)32-27(15-23-10-13-31(43-36)28(35)16-23)30(17-22-6-7-22)39(38-32)34-37-29(19-42-34)33(40)41/h3-5,8-13,16,18-20,22H,6-7,14-15,17,36H2,1-2H3,(H,40,41). The number of carboxylic acid groups (broad SMARTS) is 1. The molecule has 0 spiro atoms. The first kappa shape index (κ1) is 29.3. The summed E-state index contributed by atoms with van der Waals surface area (Å²) in [6.07, 6.45) is 4.57. The topological polar surface area (TPSA) is 94.0 Å². The zero-order valence-corrected chi connectivity index (χ0v) is 25.7. The highest BCUT2D eigenvalue weighted by molar-refractivity contribution is 7.97. The van der Waals surface area contributed by atoms with Crippen LogP contribution < -0.4 is 5.14 Å². The Labute approximate surface area is 258 Å². The highest BCUT2D eigenvalue weighted by atomic mass is 32.2. The van der Waals surface area contributed by atoms with Gasteiger partial charge in [-0.05, 0) is 89.9 Å².